The molecule has 0 saturated heterocycles. The molecule has 1 amide bonds. The molecular formula is C38H64ClN13O4. The summed E-state index contributed by atoms with van der Waals surface area (Å²) in [7, 11) is 0. The number of rotatable bonds is 22. The van der Waals surface area contributed by atoms with Crippen LogP contribution < -0.4 is 16.8 Å². The van der Waals surface area contributed by atoms with E-state index in [1.807, 2.05) is 27.0 Å². The van der Waals surface area contributed by atoms with Gasteiger partial charge in [0.2, 0.25) is 11.9 Å². The molecule has 0 spiro atoms. The zero-order valence-electron chi connectivity index (χ0n) is 34.0. The average Bonchev–Trinajstić information content (AvgIpc) is 3.86. The lowest BCUT2D eigenvalue weighted by atomic mass is 10.1. The summed E-state index contributed by atoms with van der Waals surface area (Å²) in [5.74, 6) is 3.28. The van der Waals surface area contributed by atoms with Crippen molar-refractivity contribution in [3.05, 3.63) is 46.1 Å². The fraction of sp³-hybridized carbons (Fsp3) is 0.658. The van der Waals surface area contributed by atoms with Gasteiger partial charge in [0.25, 0.3) is 0 Å². The van der Waals surface area contributed by atoms with Crippen molar-refractivity contribution in [3.63, 3.8) is 0 Å². The number of H-pyrrole nitrogens is 1. The Bertz CT molecular complexity index is 1630. The van der Waals surface area contributed by atoms with Gasteiger partial charge in [0, 0.05) is 42.4 Å². The number of ketones is 1. The largest absolute Gasteiger partial charge is 0.443 e. The summed E-state index contributed by atoms with van der Waals surface area (Å²) < 4.78 is 8.11. The number of hydrogen-bond donors (Lipinski definition) is 4. The molecule has 0 bridgehead atoms. The van der Waals surface area contributed by atoms with Crippen LogP contribution in [0.2, 0.25) is 0 Å². The van der Waals surface area contributed by atoms with Crippen LogP contribution in [0.25, 0.3) is 10.4 Å². The van der Waals surface area contributed by atoms with Gasteiger partial charge in [-0.15, -0.1) is 29.8 Å². The first-order valence-electron chi connectivity index (χ1n) is 19.3. The number of carbonyl (C=O) groups excluding carboxylic acids is 3. The highest BCUT2D eigenvalue weighted by molar-refractivity contribution is 5.85. The van der Waals surface area contributed by atoms with Crippen LogP contribution in [0, 0.1) is 12.3 Å². The second kappa shape index (κ2) is 30.2. The van der Waals surface area contributed by atoms with Crippen molar-refractivity contribution in [1.29, 1.82) is 0 Å². The van der Waals surface area contributed by atoms with Gasteiger partial charge in [-0.1, -0.05) is 56.3 Å². The van der Waals surface area contributed by atoms with Gasteiger partial charge >= 0.3 is 6.09 Å². The van der Waals surface area contributed by atoms with E-state index in [9.17, 15) is 14.4 Å². The molecule has 18 heteroatoms. The van der Waals surface area contributed by atoms with Gasteiger partial charge in [0.15, 0.2) is 5.95 Å². The molecule has 312 valence electrons. The normalized spacial score (nSPS) is 10.4. The summed E-state index contributed by atoms with van der Waals surface area (Å²) in [5, 5.41) is 14.2. The first-order valence-corrected chi connectivity index (χ1v) is 19.3. The van der Waals surface area contributed by atoms with Crippen LogP contribution in [0.3, 0.4) is 0 Å². The highest BCUT2D eigenvalue weighted by Crippen LogP contribution is 2.14. The van der Waals surface area contributed by atoms with Crippen LogP contribution in [0.1, 0.15) is 135 Å². The molecule has 17 nitrogen and oxygen atoms in total. The third kappa shape index (κ3) is 25.1. The molecular weight excluding hydrogens is 738 g/mol. The topological polar surface area (TPSA) is 250 Å². The minimum atomic E-state index is -0.552. The monoisotopic (exact) mass is 801 g/mol. The van der Waals surface area contributed by atoms with Gasteiger partial charge in [0.05, 0.1) is 24.1 Å². The number of imidazole rings is 2. The number of amides is 1. The van der Waals surface area contributed by atoms with E-state index in [1.165, 1.54) is 4.57 Å². The van der Waals surface area contributed by atoms with E-state index in [4.69, 9.17) is 28.2 Å². The van der Waals surface area contributed by atoms with Crippen molar-refractivity contribution in [3.8, 4) is 12.3 Å². The van der Waals surface area contributed by atoms with Crippen molar-refractivity contribution in [2.45, 2.75) is 149 Å². The lowest BCUT2D eigenvalue weighted by Gasteiger charge is -2.19. The maximum atomic E-state index is 11.9. The maximum absolute atomic E-state index is 11.9. The Morgan fingerprint density at radius 2 is 1.66 bits per heavy atom. The molecule has 0 radical (unpaired) electrons. The van der Waals surface area contributed by atoms with E-state index in [1.54, 1.807) is 17.1 Å². The number of nitrogens with one attached hydrogen (secondary N) is 2. The number of hydrogen-bond acceptors (Lipinski definition) is 11. The minimum absolute atomic E-state index is 0. The lowest BCUT2D eigenvalue weighted by molar-refractivity contribution is -0.122. The average molecular weight is 802 g/mol. The fourth-order valence-electron chi connectivity index (χ4n) is 4.93. The van der Waals surface area contributed by atoms with Crippen molar-refractivity contribution < 1.29 is 19.1 Å². The quantitative estimate of drug-likeness (QED) is 0.0259. The molecule has 6 N–H and O–H groups in total. The van der Waals surface area contributed by atoms with Gasteiger partial charge < -0.3 is 26.5 Å². The van der Waals surface area contributed by atoms with Gasteiger partial charge in [-0.25, -0.2) is 24.0 Å². The first-order chi connectivity index (χ1) is 26.3. The summed E-state index contributed by atoms with van der Waals surface area (Å²) in [6, 6.07) is 0. The number of Topliss-reactive ketones (excluding diaryl/α,β-unsaturated/α-hetero) is 1. The van der Waals surface area contributed by atoms with Gasteiger partial charge in [0.1, 0.15) is 17.9 Å². The fourth-order valence-corrected chi connectivity index (χ4v) is 4.93. The summed E-state index contributed by atoms with van der Waals surface area (Å²) in [4.78, 5) is 48.1. The van der Waals surface area contributed by atoms with Crippen molar-refractivity contribution >= 4 is 42.1 Å². The Balaban J connectivity index is 0.000000857. The Hall–Kier alpha value is -5.07. The Labute approximate surface area is 337 Å². The Morgan fingerprint density at radius 1 is 0.982 bits per heavy atom. The number of nitrogen functional groups attached to an aromatic ring is 2. The SMILES string of the molecule is C#CCCCCCc1cn(C(=O)OC(C)(C)C)c(N)n1.CCCCCC(=O)CN=[N+]=[N-].CCCCNC(=O)Cn1cc(CCCCCc2cnc(N)[nH]2)nn1.Cl. The maximum Gasteiger partial charge on any atom is 0.421 e. The highest BCUT2D eigenvalue weighted by atomic mass is 35.5. The van der Waals surface area contributed by atoms with E-state index >= 15 is 0 Å². The number of carbonyl (C=O) groups is 3. The van der Waals surface area contributed by atoms with E-state index in [0.717, 1.165) is 120 Å². The third-order valence-electron chi connectivity index (χ3n) is 7.77. The Morgan fingerprint density at radius 3 is 2.29 bits per heavy atom. The number of aromatic amines is 1. The molecule has 0 aliphatic heterocycles. The molecule has 0 aliphatic rings. The van der Waals surface area contributed by atoms with Crippen LogP contribution >= 0.6 is 12.4 Å². The van der Waals surface area contributed by atoms with Crippen LogP contribution in [0.5, 0.6) is 0 Å². The molecule has 56 heavy (non-hydrogen) atoms. The molecule has 3 aromatic heterocycles. The number of nitrogens with two attached hydrogens (primary N) is 2. The van der Waals surface area contributed by atoms with Crippen LogP contribution in [-0.4, -0.2) is 71.0 Å². The summed E-state index contributed by atoms with van der Waals surface area (Å²) in [6.07, 6.45) is 25.4. The number of aromatic nitrogens is 7. The molecule has 0 unspecified atom stereocenters. The van der Waals surface area contributed by atoms with Gasteiger partial charge in [-0.05, 0) is 84.1 Å². The van der Waals surface area contributed by atoms with Gasteiger partial charge in [-0.2, -0.15) is 0 Å². The molecule has 0 aromatic carbocycles. The molecule has 0 aliphatic carbocycles. The zero-order valence-corrected chi connectivity index (χ0v) is 34.8. The summed E-state index contributed by atoms with van der Waals surface area (Å²) >= 11 is 0. The van der Waals surface area contributed by atoms with Gasteiger partial charge in [-0.3, -0.25) is 9.59 Å². The van der Waals surface area contributed by atoms with E-state index < -0.39 is 11.7 Å². The molecule has 0 saturated carbocycles. The standard InChI is InChI=1S/C16H27N7O.C15H23N3O2.C7H13N3O.ClH/c1-2-3-9-18-15(24)12-23-11-14(21-22-23)8-6-4-5-7-13-10-19-16(17)20-13;1-5-6-7-8-9-10-12-11-18(13(16)17-12)14(19)20-15(2,3)4;1-2-3-4-5-7(11)6-9-10-8;/h10-11H,2-9,12H2,1H3,(H,18,24)(H3,17,19,20);1,11H,6-10H2,2-4H3,(H2,16,17);2-6H2,1H3;1H. The highest BCUT2D eigenvalue weighted by Gasteiger charge is 2.20. The van der Waals surface area contributed by atoms with Crippen molar-refractivity contribution in [2.75, 3.05) is 24.6 Å². The summed E-state index contributed by atoms with van der Waals surface area (Å²) in [6.45, 7) is 10.6. The lowest BCUT2D eigenvalue weighted by Crippen LogP contribution is -2.28. The molecule has 3 rings (SSSR count). The second-order valence-corrected chi connectivity index (χ2v) is 14.1. The number of aryl methyl sites for hydroxylation is 3. The number of anilines is 2. The summed E-state index contributed by atoms with van der Waals surface area (Å²) in [5.41, 5.74) is 21.4. The van der Waals surface area contributed by atoms with Crippen LogP contribution in [0.4, 0.5) is 16.7 Å². The number of ether oxygens (including phenoxy) is 1. The van der Waals surface area contributed by atoms with E-state index in [-0.39, 0.29) is 43.1 Å². The number of azide groups is 1. The number of terminal acetylenes is 1. The number of halogens is 1. The number of nitrogens with zero attached hydrogens (tertiary/aromatic N) is 9. The molecule has 0 fully saturated rings. The smallest absolute Gasteiger partial charge is 0.421 e. The second-order valence-electron chi connectivity index (χ2n) is 14.1. The third-order valence-corrected chi connectivity index (χ3v) is 7.77. The molecule has 0 atom stereocenters. The minimum Gasteiger partial charge on any atom is -0.443 e. The number of unbranched alkanes of at least 4 members (excludes halogenated alkanes) is 8. The van der Waals surface area contributed by atoms with Crippen molar-refractivity contribution in [1.82, 2.24) is 39.8 Å². The first kappa shape index (κ1) is 50.9. The van der Waals surface area contributed by atoms with Crippen molar-refractivity contribution in [2.24, 2.45) is 5.11 Å². The zero-order chi connectivity index (χ0) is 40.9. The van der Waals surface area contributed by atoms with Crippen LogP contribution in [0.15, 0.2) is 23.7 Å². The molecule has 3 heterocycles. The molecule has 3 aromatic rings. The van der Waals surface area contributed by atoms with Crippen LogP contribution in [-0.2, 0) is 40.1 Å². The Kier molecular flexibility index (Phi) is 27.5. The predicted molar refractivity (Wildman–Crippen MR) is 222 cm³/mol. The predicted octanol–water partition coefficient (Wildman–Crippen LogP) is 7.31. The van der Waals surface area contributed by atoms with E-state index in [2.05, 4.69) is 60.4 Å². The van der Waals surface area contributed by atoms with E-state index in [0.29, 0.717) is 12.4 Å².